The summed E-state index contributed by atoms with van der Waals surface area (Å²) in [5, 5.41) is 12.7. The molecule has 0 fully saturated rings. The summed E-state index contributed by atoms with van der Waals surface area (Å²) >= 11 is 0. The van der Waals surface area contributed by atoms with Gasteiger partial charge in [-0.1, -0.05) is 13.8 Å². The summed E-state index contributed by atoms with van der Waals surface area (Å²) in [6.07, 6.45) is 2.12. The van der Waals surface area contributed by atoms with Crippen LogP contribution in [-0.2, 0) is 6.42 Å². The molecule has 0 saturated carbocycles. The third kappa shape index (κ3) is 3.82. The first kappa shape index (κ1) is 14.7. The predicted molar refractivity (Wildman–Crippen MR) is 73.4 cm³/mol. The molecule has 0 saturated heterocycles. The Hall–Kier alpha value is -1.40. The van der Waals surface area contributed by atoms with Crippen LogP contribution >= 0.6 is 0 Å². The van der Waals surface area contributed by atoms with Gasteiger partial charge in [0.1, 0.15) is 17.5 Å². The lowest BCUT2D eigenvalue weighted by molar-refractivity contribution is 0.183. The molecule has 0 aliphatic carbocycles. The van der Waals surface area contributed by atoms with E-state index in [4.69, 9.17) is 5.84 Å². The lowest BCUT2D eigenvalue weighted by Crippen LogP contribution is -2.21. The van der Waals surface area contributed by atoms with Gasteiger partial charge >= 0.3 is 0 Å². The Kier molecular flexibility index (Phi) is 5.80. The van der Waals surface area contributed by atoms with E-state index in [1.54, 1.807) is 0 Å². The van der Waals surface area contributed by atoms with Crippen LogP contribution in [0.2, 0.25) is 0 Å². The van der Waals surface area contributed by atoms with E-state index < -0.39 is 0 Å². The molecule has 0 aliphatic rings. The molecule has 0 aromatic carbocycles. The molecular weight excluding hydrogens is 230 g/mol. The van der Waals surface area contributed by atoms with E-state index in [0.29, 0.717) is 18.8 Å². The molecule has 6 heteroatoms. The Balaban J connectivity index is 2.90. The molecule has 0 amide bonds. The number of anilines is 2. The average Bonchev–Trinajstić information content (AvgIpc) is 2.38. The van der Waals surface area contributed by atoms with Gasteiger partial charge in [-0.15, -0.1) is 0 Å². The zero-order chi connectivity index (χ0) is 13.5. The molecule has 1 aromatic rings. The van der Waals surface area contributed by atoms with E-state index in [9.17, 15) is 5.11 Å². The molecule has 5 N–H and O–H groups in total. The fourth-order valence-electron chi connectivity index (χ4n) is 1.57. The van der Waals surface area contributed by atoms with Crippen LogP contribution in [0.3, 0.4) is 0 Å². The first-order valence-corrected chi connectivity index (χ1v) is 6.38. The van der Waals surface area contributed by atoms with Gasteiger partial charge in [0.15, 0.2) is 0 Å². The topological polar surface area (TPSA) is 96.1 Å². The fourth-order valence-corrected chi connectivity index (χ4v) is 1.57. The normalized spacial score (nSPS) is 12.3. The molecule has 0 radical (unpaired) electrons. The van der Waals surface area contributed by atoms with Crippen molar-refractivity contribution >= 4 is 11.6 Å². The van der Waals surface area contributed by atoms with Crippen molar-refractivity contribution in [3.63, 3.8) is 0 Å². The van der Waals surface area contributed by atoms with Gasteiger partial charge in [-0.25, -0.2) is 15.8 Å². The minimum atomic E-state index is -0.372. The highest BCUT2D eigenvalue weighted by molar-refractivity contribution is 5.56. The summed E-state index contributed by atoms with van der Waals surface area (Å²) in [6, 6.07) is 0. The molecule has 1 rings (SSSR count). The first-order valence-electron chi connectivity index (χ1n) is 6.38. The maximum absolute atomic E-state index is 9.56. The van der Waals surface area contributed by atoms with Crippen LogP contribution in [0.1, 0.15) is 38.1 Å². The van der Waals surface area contributed by atoms with Crippen molar-refractivity contribution < 1.29 is 5.11 Å². The molecule has 1 atom stereocenters. The Morgan fingerprint density at radius 1 is 1.28 bits per heavy atom. The van der Waals surface area contributed by atoms with Crippen LogP contribution in [0.15, 0.2) is 0 Å². The zero-order valence-corrected chi connectivity index (χ0v) is 11.3. The minimum absolute atomic E-state index is 0.372. The van der Waals surface area contributed by atoms with Crippen molar-refractivity contribution in [2.24, 2.45) is 5.84 Å². The van der Waals surface area contributed by atoms with Crippen LogP contribution in [0, 0.1) is 6.92 Å². The number of rotatable bonds is 7. The third-order valence-electron chi connectivity index (χ3n) is 2.78. The van der Waals surface area contributed by atoms with Gasteiger partial charge in [0, 0.05) is 18.5 Å². The molecular formula is C12H23N5O. The molecule has 0 spiro atoms. The van der Waals surface area contributed by atoms with E-state index in [1.165, 1.54) is 0 Å². The van der Waals surface area contributed by atoms with Crippen LogP contribution in [0.4, 0.5) is 11.6 Å². The SMILES string of the molecule is CCCc1nc(NN)c(C)c(NCC(O)CC)n1. The van der Waals surface area contributed by atoms with Crippen LogP contribution < -0.4 is 16.6 Å². The second kappa shape index (κ2) is 7.13. The van der Waals surface area contributed by atoms with Gasteiger partial charge in [0.05, 0.1) is 6.10 Å². The Morgan fingerprint density at radius 3 is 2.50 bits per heavy atom. The molecule has 1 aromatic heterocycles. The highest BCUT2D eigenvalue weighted by Crippen LogP contribution is 2.19. The van der Waals surface area contributed by atoms with Gasteiger partial charge in [-0.3, -0.25) is 0 Å². The summed E-state index contributed by atoms with van der Waals surface area (Å²) in [6.45, 7) is 6.39. The van der Waals surface area contributed by atoms with Crippen molar-refractivity contribution in [1.82, 2.24) is 9.97 Å². The largest absolute Gasteiger partial charge is 0.391 e. The van der Waals surface area contributed by atoms with Crippen molar-refractivity contribution in [2.75, 3.05) is 17.3 Å². The number of aliphatic hydroxyl groups is 1. The van der Waals surface area contributed by atoms with E-state index in [2.05, 4.69) is 27.6 Å². The number of nitrogen functional groups attached to an aromatic ring is 1. The summed E-state index contributed by atoms with van der Waals surface area (Å²) in [5.74, 6) is 7.56. The van der Waals surface area contributed by atoms with Gasteiger partial charge in [0.25, 0.3) is 0 Å². The second-order valence-electron chi connectivity index (χ2n) is 4.30. The molecule has 18 heavy (non-hydrogen) atoms. The second-order valence-corrected chi connectivity index (χ2v) is 4.30. The summed E-state index contributed by atoms with van der Waals surface area (Å²) in [5.41, 5.74) is 3.44. The van der Waals surface area contributed by atoms with E-state index in [-0.39, 0.29) is 6.10 Å². The average molecular weight is 253 g/mol. The maximum atomic E-state index is 9.56. The number of hydrazine groups is 1. The van der Waals surface area contributed by atoms with Crippen molar-refractivity contribution in [3.05, 3.63) is 11.4 Å². The molecule has 6 nitrogen and oxygen atoms in total. The number of aromatic nitrogens is 2. The molecule has 0 aliphatic heterocycles. The number of hydrogen-bond acceptors (Lipinski definition) is 6. The third-order valence-corrected chi connectivity index (χ3v) is 2.78. The molecule has 1 heterocycles. The van der Waals surface area contributed by atoms with Gasteiger partial charge in [-0.05, 0) is 19.8 Å². The van der Waals surface area contributed by atoms with Crippen molar-refractivity contribution in [1.29, 1.82) is 0 Å². The maximum Gasteiger partial charge on any atom is 0.148 e. The highest BCUT2D eigenvalue weighted by Gasteiger charge is 2.10. The quantitative estimate of drug-likeness (QED) is 0.431. The standard InChI is InChI=1S/C12H23N5O/c1-4-6-10-15-11(14-7-9(18)5-2)8(3)12(16-10)17-13/h9,18H,4-7,13H2,1-3H3,(H2,14,15,16,17). The lowest BCUT2D eigenvalue weighted by atomic mass is 10.2. The van der Waals surface area contributed by atoms with Crippen LogP contribution in [0.5, 0.6) is 0 Å². The summed E-state index contributed by atoms with van der Waals surface area (Å²) < 4.78 is 0. The van der Waals surface area contributed by atoms with Gasteiger partial charge in [0.2, 0.25) is 0 Å². The zero-order valence-electron chi connectivity index (χ0n) is 11.3. The number of nitrogens with one attached hydrogen (secondary N) is 2. The Bertz CT molecular complexity index is 383. The van der Waals surface area contributed by atoms with Crippen LogP contribution in [0.25, 0.3) is 0 Å². The fraction of sp³-hybridized carbons (Fsp3) is 0.667. The Morgan fingerprint density at radius 2 is 1.94 bits per heavy atom. The monoisotopic (exact) mass is 253 g/mol. The number of nitrogens with zero attached hydrogens (tertiary/aromatic N) is 2. The minimum Gasteiger partial charge on any atom is -0.391 e. The number of aryl methyl sites for hydroxylation is 1. The van der Waals surface area contributed by atoms with E-state index in [0.717, 1.165) is 30.0 Å². The first-order chi connectivity index (χ1) is 8.62. The van der Waals surface area contributed by atoms with E-state index >= 15 is 0 Å². The number of hydrogen-bond donors (Lipinski definition) is 4. The number of aliphatic hydroxyl groups excluding tert-OH is 1. The van der Waals surface area contributed by atoms with Crippen molar-refractivity contribution in [2.45, 2.75) is 46.1 Å². The molecule has 0 bridgehead atoms. The smallest absolute Gasteiger partial charge is 0.148 e. The van der Waals surface area contributed by atoms with E-state index in [1.807, 2.05) is 13.8 Å². The molecule has 1 unspecified atom stereocenters. The summed E-state index contributed by atoms with van der Waals surface area (Å²) in [7, 11) is 0. The molecule has 102 valence electrons. The van der Waals surface area contributed by atoms with Crippen molar-refractivity contribution in [3.8, 4) is 0 Å². The summed E-state index contributed by atoms with van der Waals surface area (Å²) in [4.78, 5) is 8.79. The van der Waals surface area contributed by atoms with Gasteiger partial charge < -0.3 is 15.8 Å². The van der Waals surface area contributed by atoms with Crippen LogP contribution in [-0.4, -0.2) is 27.7 Å². The highest BCUT2D eigenvalue weighted by atomic mass is 16.3. The Labute approximate surface area is 108 Å². The lowest BCUT2D eigenvalue weighted by Gasteiger charge is -2.15. The van der Waals surface area contributed by atoms with Gasteiger partial charge in [-0.2, -0.15) is 0 Å². The number of nitrogens with two attached hydrogens (primary N) is 1. The predicted octanol–water partition coefficient (Wildman–Crippen LogP) is 1.21.